The third-order valence-electron chi connectivity index (χ3n) is 5.83. The van der Waals surface area contributed by atoms with Crippen molar-refractivity contribution in [2.24, 2.45) is 17.3 Å². The number of ether oxygens (including phenoxy) is 2. The molecule has 3 aliphatic rings. The molecule has 4 rings (SSSR count). The first-order valence-electron chi connectivity index (χ1n) is 8.92. The molecule has 1 saturated carbocycles. The number of nitrogens with zero attached hydrogens (tertiary/aromatic N) is 1. The highest BCUT2D eigenvalue weighted by Crippen LogP contribution is 2.40. The summed E-state index contributed by atoms with van der Waals surface area (Å²) in [5, 5.41) is 10.5. The first-order chi connectivity index (χ1) is 11.9. The fourth-order valence-electron chi connectivity index (χ4n) is 4.28. The lowest BCUT2D eigenvalue weighted by atomic mass is 9.78. The van der Waals surface area contributed by atoms with E-state index in [2.05, 4.69) is 0 Å². The molecule has 4 atom stereocenters. The highest BCUT2D eigenvalue weighted by molar-refractivity contribution is 5.83. The zero-order valence-corrected chi connectivity index (χ0v) is 14.4. The van der Waals surface area contributed by atoms with Crippen molar-refractivity contribution in [3.05, 3.63) is 30.1 Å². The van der Waals surface area contributed by atoms with Gasteiger partial charge in [-0.3, -0.25) is 4.79 Å². The molecule has 0 bridgehead atoms. The summed E-state index contributed by atoms with van der Waals surface area (Å²) in [4.78, 5) is 14.6. The maximum Gasteiger partial charge on any atom is 0.233 e. The van der Waals surface area contributed by atoms with Crippen molar-refractivity contribution in [3.8, 4) is 5.75 Å². The van der Waals surface area contributed by atoms with Gasteiger partial charge in [-0.1, -0.05) is 0 Å². The summed E-state index contributed by atoms with van der Waals surface area (Å²) in [6, 6.07) is 5.86. The molecule has 6 heteroatoms. The van der Waals surface area contributed by atoms with E-state index in [9.17, 15) is 14.3 Å². The number of hydrogen-bond donors (Lipinski definition) is 1. The van der Waals surface area contributed by atoms with E-state index in [1.165, 1.54) is 12.1 Å². The molecule has 0 spiro atoms. The van der Waals surface area contributed by atoms with E-state index in [1.807, 2.05) is 11.8 Å². The first-order valence-corrected chi connectivity index (χ1v) is 8.92. The summed E-state index contributed by atoms with van der Waals surface area (Å²) in [7, 11) is 0. The van der Waals surface area contributed by atoms with Gasteiger partial charge < -0.3 is 19.5 Å². The van der Waals surface area contributed by atoms with Crippen molar-refractivity contribution < 1.29 is 23.8 Å². The third kappa shape index (κ3) is 3.13. The topological polar surface area (TPSA) is 59.0 Å². The number of aliphatic hydroxyl groups is 1. The lowest BCUT2D eigenvalue weighted by Gasteiger charge is -2.39. The van der Waals surface area contributed by atoms with E-state index in [-0.39, 0.29) is 23.2 Å². The van der Waals surface area contributed by atoms with Gasteiger partial charge in [-0.25, -0.2) is 4.39 Å². The minimum atomic E-state index is -0.566. The van der Waals surface area contributed by atoms with Gasteiger partial charge in [0.1, 0.15) is 17.7 Å². The number of aliphatic hydroxyl groups excluding tert-OH is 1. The van der Waals surface area contributed by atoms with Crippen molar-refractivity contribution in [2.45, 2.75) is 32.0 Å². The van der Waals surface area contributed by atoms with E-state index in [0.717, 1.165) is 6.54 Å². The van der Waals surface area contributed by atoms with Crippen LogP contribution in [0.25, 0.3) is 0 Å². The van der Waals surface area contributed by atoms with Gasteiger partial charge >= 0.3 is 0 Å². The molecule has 1 aliphatic carbocycles. The van der Waals surface area contributed by atoms with Crippen molar-refractivity contribution in [1.29, 1.82) is 0 Å². The summed E-state index contributed by atoms with van der Waals surface area (Å²) >= 11 is 0. The lowest BCUT2D eigenvalue weighted by molar-refractivity contribution is -0.167. The molecule has 1 aromatic carbocycles. The maximum absolute atomic E-state index is 13.0. The highest BCUT2D eigenvalue weighted by Gasteiger charge is 2.49. The Morgan fingerprint density at radius 3 is 2.48 bits per heavy atom. The average molecular weight is 349 g/mol. The minimum absolute atomic E-state index is 0.165. The second-order valence-corrected chi connectivity index (χ2v) is 7.93. The molecular weight excluding hydrogens is 325 g/mol. The summed E-state index contributed by atoms with van der Waals surface area (Å²) in [5.74, 6) is 1.07. The number of halogens is 1. The van der Waals surface area contributed by atoms with Crippen molar-refractivity contribution in [1.82, 2.24) is 4.90 Å². The van der Waals surface area contributed by atoms with Gasteiger partial charge in [-0.15, -0.1) is 0 Å². The number of rotatable bonds is 3. The largest absolute Gasteiger partial charge is 0.488 e. The molecule has 0 radical (unpaired) electrons. The van der Waals surface area contributed by atoms with Crippen LogP contribution in [0.1, 0.15) is 19.8 Å². The van der Waals surface area contributed by atoms with Gasteiger partial charge in [0, 0.05) is 13.1 Å². The minimum Gasteiger partial charge on any atom is -0.488 e. The fourth-order valence-corrected chi connectivity index (χ4v) is 4.28. The predicted molar refractivity (Wildman–Crippen MR) is 88.5 cm³/mol. The molecule has 5 nitrogen and oxygen atoms in total. The van der Waals surface area contributed by atoms with Crippen molar-refractivity contribution in [3.63, 3.8) is 0 Å². The van der Waals surface area contributed by atoms with Gasteiger partial charge in [-0.2, -0.15) is 0 Å². The van der Waals surface area contributed by atoms with Gasteiger partial charge in [-0.05, 0) is 55.9 Å². The SMILES string of the molecule is CC1(C(=O)N2C[C@H]3C[C@@H](Oc4ccc(F)cc4)[C@H](O)C[C@H]3C2)COC1. The summed E-state index contributed by atoms with van der Waals surface area (Å²) < 4.78 is 24.1. The zero-order chi connectivity index (χ0) is 17.6. The molecule has 2 saturated heterocycles. The molecule has 2 aliphatic heterocycles. The molecule has 1 aromatic rings. The molecule has 2 heterocycles. The van der Waals surface area contributed by atoms with Crippen molar-refractivity contribution >= 4 is 5.91 Å². The van der Waals surface area contributed by atoms with Crippen LogP contribution in [0.2, 0.25) is 0 Å². The Balaban J connectivity index is 1.40. The predicted octanol–water partition coefficient (Wildman–Crippen LogP) is 1.84. The van der Waals surface area contributed by atoms with Crippen LogP contribution in [0.3, 0.4) is 0 Å². The van der Waals surface area contributed by atoms with Crippen LogP contribution in [0.5, 0.6) is 5.75 Å². The maximum atomic E-state index is 13.0. The Morgan fingerprint density at radius 2 is 1.88 bits per heavy atom. The Labute approximate surface area is 146 Å². The van der Waals surface area contributed by atoms with Crippen molar-refractivity contribution in [2.75, 3.05) is 26.3 Å². The summed E-state index contributed by atoms with van der Waals surface area (Å²) in [5.41, 5.74) is -0.379. The smallest absolute Gasteiger partial charge is 0.233 e. The number of benzene rings is 1. The van der Waals surface area contributed by atoms with Gasteiger partial charge in [0.2, 0.25) is 5.91 Å². The Morgan fingerprint density at radius 1 is 1.24 bits per heavy atom. The van der Waals surface area contributed by atoms with Gasteiger partial charge in [0.25, 0.3) is 0 Å². The number of carbonyl (C=O) groups excluding carboxylic acids is 1. The molecular formula is C19H24FNO4. The normalized spacial score (nSPS) is 33.5. The molecule has 1 amide bonds. The zero-order valence-electron chi connectivity index (χ0n) is 14.4. The molecule has 0 unspecified atom stereocenters. The molecule has 1 N–H and O–H groups in total. The number of carbonyl (C=O) groups is 1. The first kappa shape index (κ1) is 16.8. The standard InChI is InChI=1S/C19H24FNO4/c1-19(10-24-11-19)18(23)21-8-12-6-16(22)17(7-13(12)9-21)25-15-4-2-14(20)3-5-15/h2-5,12-13,16-17,22H,6-11H2,1H3/t12-,13+,16+,17+/m0/s1. The second-order valence-electron chi connectivity index (χ2n) is 7.93. The number of likely N-dealkylation sites (tertiary alicyclic amines) is 1. The van der Waals surface area contributed by atoms with Gasteiger partial charge in [0.05, 0.1) is 24.7 Å². The Bertz CT molecular complexity index is 645. The van der Waals surface area contributed by atoms with E-state index in [0.29, 0.717) is 50.2 Å². The molecule has 0 aromatic heterocycles. The van der Waals surface area contributed by atoms with E-state index < -0.39 is 6.10 Å². The van der Waals surface area contributed by atoms with Crippen LogP contribution in [0, 0.1) is 23.1 Å². The third-order valence-corrected chi connectivity index (χ3v) is 5.83. The van der Waals surface area contributed by atoms with E-state index >= 15 is 0 Å². The number of amides is 1. The molecule has 25 heavy (non-hydrogen) atoms. The summed E-state index contributed by atoms with van der Waals surface area (Å²) in [6.07, 6.45) is 0.460. The second kappa shape index (κ2) is 6.25. The monoisotopic (exact) mass is 349 g/mol. The van der Waals surface area contributed by atoms with Crippen LogP contribution in [-0.4, -0.2) is 54.4 Å². The number of fused-ring (bicyclic) bond motifs is 1. The quantitative estimate of drug-likeness (QED) is 0.905. The average Bonchev–Trinajstić information content (AvgIpc) is 2.97. The van der Waals surface area contributed by atoms with Crippen LogP contribution in [0.4, 0.5) is 4.39 Å². The Kier molecular flexibility index (Phi) is 4.20. The van der Waals surface area contributed by atoms with Crippen LogP contribution in [0.15, 0.2) is 24.3 Å². The summed E-state index contributed by atoms with van der Waals surface area (Å²) in [6.45, 7) is 4.37. The van der Waals surface area contributed by atoms with E-state index in [4.69, 9.17) is 9.47 Å². The van der Waals surface area contributed by atoms with Crippen LogP contribution in [-0.2, 0) is 9.53 Å². The molecule has 136 valence electrons. The van der Waals surface area contributed by atoms with Crippen LogP contribution < -0.4 is 4.74 Å². The van der Waals surface area contributed by atoms with Crippen LogP contribution >= 0.6 is 0 Å². The lowest BCUT2D eigenvalue weighted by Crippen LogP contribution is -2.52. The fraction of sp³-hybridized carbons (Fsp3) is 0.632. The van der Waals surface area contributed by atoms with E-state index in [1.54, 1.807) is 12.1 Å². The highest BCUT2D eigenvalue weighted by atomic mass is 19.1. The molecule has 3 fully saturated rings. The number of hydrogen-bond acceptors (Lipinski definition) is 4. The Hall–Kier alpha value is -1.66. The van der Waals surface area contributed by atoms with Gasteiger partial charge in [0.15, 0.2) is 0 Å².